The van der Waals surface area contributed by atoms with Crippen LogP contribution >= 0.6 is 0 Å². The quantitative estimate of drug-likeness (QED) is 0.399. The van der Waals surface area contributed by atoms with E-state index in [2.05, 4.69) is 0 Å². The molecular weight excluding hydrogens is 416 g/mol. The number of esters is 4. The highest BCUT2D eigenvalue weighted by Crippen LogP contribution is 2.53. The fraction of sp³-hybridized carbons (Fsp3) is 0.333. The van der Waals surface area contributed by atoms with Gasteiger partial charge in [-0.05, 0) is 26.0 Å². The first-order valence-electron chi connectivity index (χ1n) is 10.4. The molecule has 2 aliphatic rings. The zero-order valence-corrected chi connectivity index (χ0v) is 17.6. The number of hydrogen-bond donors (Lipinski definition) is 0. The molecule has 0 saturated heterocycles. The first-order chi connectivity index (χ1) is 15.5. The van der Waals surface area contributed by atoms with Crippen molar-refractivity contribution in [3.05, 3.63) is 59.7 Å². The fourth-order valence-electron chi connectivity index (χ4n) is 4.45. The number of carbonyl (C=O) groups excluding carboxylic acids is 4. The van der Waals surface area contributed by atoms with Gasteiger partial charge < -0.3 is 18.9 Å². The Morgan fingerprint density at radius 1 is 0.719 bits per heavy atom. The fourth-order valence-corrected chi connectivity index (χ4v) is 4.45. The maximum Gasteiger partial charge on any atom is 0.326 e. The van der Waals surface area contributed by atoms with Crippen LogP contribution < -0.4 is 9.47 Å². The number of fused-ring (bicyclic) bond motifs is 2. The van der Waals surface area contributed by atoms with E-state index in [1.807, 2.05) is 0 Å². The van der Waals surface area contributed by atoms with Gasteiger partial charge in [0.15, 0.2) is 11.8 Å². The van der Waals surface area contributed by atoms with E-state index in [9.17, 15) is 19.2 Å². The SMILES string of the molecule is CCOC(=O)C1C(=O)Oc2ccccc2C1C1c2ccccc2OC(=O)C1C(=O)OCC. The molecule has 2 heterocycles. The lowest BCUT2D eigenvalue weighted by molar-refractivity contribution is -0.166. The minimum Gasteiger partial charge on any atom is -0.465 e. The number of hydrogen-bond acceptors (Lipinski definition) is 8. The molecule has 2 aromatic carbocycles. The summed E-state index contributed by atoms with van der Waals surface area (Å²) in [5, 5.41) is 0. The molecule has 0 fully saturated rings. The molecule has 0 aliphatic carbocycles. The van der Waals surface area contributed by atoms with Gasteiger partial charge in [0.25, 0.3) is 0 Å². The number of rotatable bonds is 5. The largest absolute Gasteiger partial charge is 0.465 e. The Kier molecular flexibility index (Phi) is 5.94. The summed E-state index contributed by atoms with van der Waals surface area (Å²) in [7, 11) is 0. The van der Waals surface area contributed by atoms with Crippen LogP contribution in [0.5, 0.6) is 11.5 Å². The van der Waals surface area contributed by atoms with Gasteiger partial charge in [0, 0.05) is 23.0 Å². The van der Waals surface area contributed by atoms with Crippen molar-refractivity contribution < 1.29 is 38.1 Å². The van der Waals surface area contributed by atoms with Gasteiger partial charge in [-0.25, -0.2) is 0 Å². The highest BCUT2D eigenvalue weighted by atomic mass is 16.6. The summed E-state index contributed by atoms with van der Waals surface area (Å²) in [6, 6.07) is 13.5. The van der Waals surface area contributed by atoms with Crippen LogP contribution in [0.4, 0.5) is 0 Å². The van der Waals surface area contributed by atoms with E-state index in [0.717, 1.165) is 0 Å². The minimum atomic E-state index is -1.37. The van der Waals surface area contributed by atoms with E-state index in [4.69, 9.17) is 18.9 Å². The van der Waals surface area contributed by atoms with Gasteiger partial charge in [0.05, 0.1) is 13.2 Å². The van der Waals surface area contributed by atoms with Gasteiger partial charge in [-0.2, -0.15) is 0 Å². The average Bonchev–Trinajstić information content (AvgIpc) is 2.77. The van der Waals surface area contributed by atoms with E-state index >= 15 is 0 Å². The molecule has 0 aromatic heterocycles. The first kappa shape index (κ1) is 21.5. The lowest BCUT2D eigenvalue weighted by Gasteiger charge is -2.40. The molecule has 4 atom stereocenters. The van der Waals surface area contributed by atoms with Gasteiger partial charge in [-0.3, -0.25) is 19.2 Å². The van der Waals surface area contributed by atoms with E-state index in [0.29, 0.717) is 11.1 Å². The maximum absolute atomic E-state index is 13.0. The third-order valence-electron chi connectivity index (χ3n) is 5.67. The van der Waals surface area contributed by atoms with Crippen molar-refractivity contribution in [2.45, 2.75) is 25.7 Å². The highest BCUT2D eigenvalue weighted by Gasteiger charge is 2.55. The monoisotopic (exact) mass is 438 g/mol. The Balaban J connectivity index is 1.95. The number of carbonyl (C=O) groups is 4. The van der Waals surface area contributed by atoms with Crippen LogP contribution in [0.2, 0.25) is 0 Å². The van der Waals surface area contributed by atoms with E-state index in [1.165, 1.54) is 0 Å². The van der Waals surface area contributed by atoms with Gasteiger partial charge >= 0.3 is 23.9 Å². The first-order valence-corrected chi connectivity index (χ1v) is 10.4. The van der Waals surface area contributed by atoms with Gasteiger partial charge in [-0.15, -0.1) is 0 Å². The predicted molar refractivity (Wildman–Crippen MR) is 110 cm³/mol. The second-order valence-corrected chi connectivity index (χ2v) is 7.43. The average molecular weight is 438 g/mol. The third kappa shape index (κ3) is 3.62. The molecule has 0 N–H and O–H groups in total. The molecule has 0 spiro atoms. The number of ether oxygens (including phenoxy) is 4. The van der Waals surface area contributed by atoms with Crippen LogP contribution in [0.3, 0.4) is 0 Å². The Labute approximate surface area is 184 Å². The summed E-state index contributed by atoms with van der Waals surface area (Å²) in [4.78, 5) is 51.8. The molecule has 0 radical (unpaired) electrons. The molecule has 32 heavy (non-hydrogen) atoms. The Morgan fingerprint density at radius 3 is 1.47 bits per heavy atom. The van der Waals surface area contributed by atoms with Crippen LogP contribution in [0.15, 0.2) is 48.5 Å². The van der Waals surface area contributed by atoms with Gasteiger partial charge in [-0.1, -0.05) is 36.4 Å². The molecule has 0 saturated carbocycles. The summed E-state index contributed by atoms with van der Waals surface area (Å²) in [6.07, 6.45) is 0. The molecule has 2 aromatic rings. The summed E-state index contributed by atoms with van der Waals surface area (Å²) in [5.74, 6) is -7.19. The van der Waals surface area contributed by atoms with Crippen LogP contribution in [-0.2, 0) is 28.7 Å². The smallest absolute Gasteiger partial charge is 0.326 e. The topological polar surface area (TPSA) is 105 Å². The zero-order valence-electron chi connectivity index (χ0n) is 17.6. The molecule has 8 heteroatoms. The molecule has 2 aliphatic heterocycles. The summed E-state index contributed by atoms with van der Waals surface area (Å²) in [5.41, 5.74) is 1.04. The standard InChI is InChI=1S/C24H22O8/c1-3-29-21(25)19-17(13-9-5-7-11-15(13)31-23(19)27)18-14-10-6-8-12-16(14)32-24(28)20(18)22(26)30-4-2/h5-12,17-20H,3-4H2,1-2H3. The van der Waals surface area contributed by atoms with Crippen molar-refractivity contribution in [3.8, 4) is 11.5 Å². The second kappa shape index (κ2) is 8.82. The van der Waals surface area contributed by atoms with E-state index in [1.54, 1.807) is 62.4 Å². The van der Waals surface area contributed by atoms with Crippen molar-refractivity contribution in [1.29, 1.82) is 0 Å². The van der Waals surface area contributed by atoms with Crippen molar-refractivity contribution in [2.24, 2.45) is 11.8 Å². The molecule has 8 nitrogen and oxygen atoms in total. The lowest BCUT2D eigenvalue weighted by Crippen LogP contribution is -2.47. The Bertz CT molecular complexity index is 990. The van der Waals surface area contributed by atoms with Crippen LogP contribution in [0, 0.1) is 11.8 Å². The maximum atomic E-state index is 13.0. The summed E-state index contributed by atoms with van der Waals surface area (Å²) < 4.78 is 21.2. The van der Waals surface area contributed by atoms with E-state index in [-0.39, 0.29) is 24.7 Å². The minimum absolute atomic E-state index is 0.0571. The normalized spacial score (nSPS) is 23.8. The molecular formula is C24H22O8. The zero-order chi connectivity index (χ0) is 22.8. The third-order valence-corrected chi connectivity index (χ3v) is 5.67. The number of para-hydroxylation sites is 2. The predicted octanol–water partition coefficient (Wildman–Crippen LogP) is 2.75. The lowest BCUT2D eigenvalue weighted by atomic mass is 9.66. The summed E-state index contributed by atoms with van der Waals surface area (Å²) in [6.45, 7) is 3.37. The molecule has 0 bridgehead atoms. The Hall–Kier alpha value is -3.68. The van der Waals surface area contributed by atoms with Gasteiger partial charge in [0.2, 0.25) is 0 Å². The highest BCUT2D eigenvalue weighted by molar-refractivity contribution is 6.01. The van der Waals surface area contributed by atoms with Crippen LogP contribution in [-0.4, -0.2) is 37.1 Å². The Morgan fingerprint density at radius 2 is 1.09 bits per heavy atom. The molecule has 0 amide bonds. The molecule has 4 unspecified atom stereocenters. The molecule has 4 rings (SSSR count). The number of benzene rings is 2. The summed E-state index contributed by atoms with van der Waals surface area (Å²) >= 11 is 0. The van der Waals surface area contributed by atoms with Gasteiger partial charge in [0.1, 0.15) is 11.5 Å². The van der Waals surface area contributed by atoms with Crippen molar-refractivity contribution >= 4 is 23.9 Å². The van der Waals surface area contributed by atoms with Crippen molar-refractivity contribution in [2.75, 3.05) is 13.2 Å². The van der Waals surface area contributed by atoms with E-state index < -0.39 is 47.5 Å². The van der Waals surface area contributed by atoms with Crippen molar-refractivity contribution in [1.82, 2.24) is 0 Å². The van der Waals surface area contributed by atoms with Crippen LogP contribution in [0.1, 0.15) is 36.8 Å². The molecule has 166 valence electrons. The van der Waals surface area contributed by atoms with Crippen molar-refractivity contribution in [3.63, 3.8) is 0 Å². The van der Waals surface area contributed by atoms with Crippen LogP contribution in [0.25, 0.3) is 0 Å². The second-order valence-electron chi connectivity index (χ2n) is 7.43.